The Labute approximate surface area is 120 Å². The topological polar surface area (TPSA) is 66.8 Å². The first-order chi connectivity index (χ1) is 8.94. The molecule has 0 bridgehead atoms. The van der Waals surface area contributed by atoms with Crippen molar-refractivity contribution in [3.05, 3.63) is 21.7 Å². The molecule has 4 nitrogen and oxygen atoms in total. The summed E-state index contributed by atoms with van der Waals surface area (Å²) in [6, 6.07) is 1.68. The van der Waals surface area contributed by atoms with Gasteiger partial charge in [-0.1, -0.05) is 12.8 Å². The fraction of sp³-hybridized carbons (Fsp3) is 0.500. The first kappa shape index (κ1) is 14.2. The van der Waals surface area contributed by atoms with E-state index in [1.165, 1.54) is 7.11 Å². The fourth-order valence-corrected chi connectivity index (χ4v) is 3.63. The van der Waals surface area contributed by atoms with Crippen molar-refractivity contribution in [1.29, 1.82) is 0 Å². The van der Waals surface area contributed by atoms with E-state index >= 15 is 0 Å². The molecule has 1 saturated carbocycles. The van der Waals surface area contributed by atoms with Gasteiger partial charge < -0.3 is 14.9 Å². The lowest BCUT2D eigenvalue weighted by Crippen LogP contribution is -2.32. The number of phenols is 1. The van der Waals surface area contributed by atoms with Crippen molar-refractivity contribution >= 4 is 21.9 Å². The van der Waals surface area contributed by atoms with Gasteiger partial charge in [0.15, 0.2) is 0 Å². The van der Waals surface area contributed by atoms with E-state index in [-0.39, 0.29) is 5.75 Å². The highest BCUT2D eigenvalue weighted by Gasteiger charge is 2.45. The molecule has 0 aromatic heterocycles. The minimum Gasteiger partial charge on any atom is -0.507 e. The van der Waals surface area contributed by atoms with Gasteiger partial charge in [0.25, 0.3) is 0 Å². The molecule has 1 aliphatic rings. The van der Waals surface area contributed by atoms with Crippen LogP contribution in [0.25, 0.3) is 0 Å². The summed E-state index contributed by atoms with van der Waals surface area (Å²) in [5.41, 5.74) is 0.0889. The Morgan fingerprint density at radius 1 is 1.42 bits per heavy atom. The van der Waals surface area contributed by atoms with Crippen LogP contribution in [0, 0.1) is 6.92 Å². The molecule has 2 rings (SSSR count). The second-order valence-corrected chi connectivity index (χ2v) is 5.86. The molecule has 0 heterocycles. The molecule has 104 valence electrons. The van der Waals surface area contributed by atoms with Crippen LogP contribution in [0.3, 0.4) is 0 Å². The van der Waals surface area contributed by atoms with Gasteiger partial charge in [-0.2, -0.15) is 0 Å². The molecule has 5 heteroatoms. The van der Waals surface area contributed by atoms with Crippen LogP contribution in [0.4, 0.5) is 0 Å². The Morgan fingerprint density at radius 2 is 2.00 bits per heavy atom. The van der Waals surface area contributed by atoms with E-state index < -0.39 is 11.4 Å². The smallest absolute Gasteiger partial charge is 0.314 e. The van der Waals surface area contributed by atoms with Crippen LogP contribution < -0.4 is 4.74 Å². The molecule has 0 spiro atoms. The van der Waals surface area contributed by atoms with Crippen LogP contribution in [0.1, 0.15) is 36.8 Å². The lowest BCUT2D eigenvalue weighted by Gasteiger charge is -2.27. The van der Waals surface area contributed by atoms with Crippen LogP contribution in [0.5, 0.6) is 11.5 Å². The largest absolute Gasteiger partial charge is 0.507 e. The molecular formula is C14H17BrO4. The molecule has 0 saturated heterocycles. The summed E-state index contributed by atoms with van der Waals surface area (Å²) in [7, 11) is 1.52. The average molecular weight is 329 g/mol. The summed E-state index contributed by atoms with van der Waals surface area (Å²) in [4.78, 5) is 11.7. The van der Waals surface area contributed by atoms with Crippen LogP contribution in [0.2, 0.25) is 0 Å². The third kappa shape index (κ3) is 2.10. The van der Waals surface area contributed by atoms with Crippen LogP contribution >= 0.6 is 15.9 Å². The van der Waals surface area contributed by atoms with Gasteiger partial charge in [-0.3, -0.25) is 4.79 Å². The van der Waals surface area contributed by atoms with Crippen molar-refractivity contribution in [3.8, 4) is 11.5 Å². The molecule has 1 fully saturated rings. The van der Waals surface area contributed by atoms with E-state index in [1.54, 1.807) is 13.0 Å². The van der Waals surface area contributed by atoms with Gasteiger partial charge >= 0.3 is 5.97 Å². The maximum absolute atomic E-state index is 11.7. The maximum atomic E-state index is 11.7. The van der Waals surface area contributed by atoms with Gasteiger partial charge in [-0.15, -0.1) is 0 Å². The van der Waals surface area contributed by atoms with Crippen molar-refractivity contribution in [2.24, 2.45) is 0 Å². The predicted molar refractivity (Wildman–Crippen MR) is 74.9 cm³/mol. The second-order valence-electron chi connectivity index (χ2n) is 5.01. The van der Waals surface area contributed by atoms with Crippen LogP contribution in [-0.2, 0) is 10.2 Å². The Balaban J connectivity index is 2.65. The molecule has 0 atom stereocenters. The highest BCUT2D eigenvalue weighted by atomic mass is 79.9. The van der Waals surface area contributed by atoms with Gasteiger partial charge in [0.2, 0.25) is 0 Å². The molecule has 1 aromatic rings. The SMILES string of the molecule is COc1c(Br)cc(C2(C(=O)O)CCCC2)c(O)c1C. The number of carbonyl (C=O) groups is 1. The molecule has 0 radical (unpaired) electrons. The maximum Gasteiger partial charge on any atom is 0.314 e. The van der Waals surface area contributed by atoms with Crippen molar-refractivity contribution in [3.63, 3.8) is 0 Å². The number of benzene rings is 1. The fourth-order valence-electron chi connectivity index (χ4n) is 2.94. The number of carboxylic acids is 1. The monoisotopic (exact) mass is 328 g/mol. The number of rotatable bonds is 3. The normalized spacial score (nSPS) is 17.4. The zero-order valence-corrected chi connectivity index (χ0v) is 12.6. The molecule has 19 heavy (non-hydrogen) atoms. The standard InChI is InChI=1S/C14H17BrO4/c1-8-11(16)9(7-10(15)12(8)19-2)14(13(17)18)5-3-4-6-14/h7,16H,3-6H2,1-2H3,(H,17,18). The minimum absolute atomic E-state index is 0.0318. The number of ether oxygens (including phenoxy) is 1. The van der Waals surface area contributed by atoms with Gasteiger partial charge in [0.05, 0.1) is 17.0 Å². The van der Waals surface area contributed by atoms with Gasteiger partial charge in [0, 0.05) is 11.1 Å². The summed E-state index contributed by atoms with van der Waals surface area (Å²) in [6.07, 6.45) is 2.87. The molecule has 1 aliphatic carbocycles. The number of hydrogen-bond donors (Lipinski definition) is 2. The number of methoxy groups -OCH3 is 1. The molecule has 2 N–H and O–H groups in total. The first-order valence-electron chi connectivity index (χ1n) is 6.24. The summed E-state index contributed by atoms with van der Waals surface area (Å²) in [5, 5.41) is 19.9. The molecular weight excluding hydrogens is 312 g/mol. The zero-order valence-electron chi connectivity index (χ0n) is 11.0. The predicted octanol–water partition coefficient (Wildman–Crippen LogP) is 3.37. The third-order valence-electron chi connectivity index (χ3n) is 4.03. The van der Waals surface area contributed by atoms with E-state index in [0.29, 0.717) is 34.2 Å². The Hall–Kier alpha value is -1.23. The number of aliphatic carboxylic acids is 1. The van der Waals surface area contributed by atoms with Crippen molar-refractivity contribution < 1.29 is 19.7 Å². The summed E-state index contributed by atoms with van der Waals surface area (Å²) < 4.78 is 5.89. The van der Waals surface area contributed by atoms with Crippen molar-refractivity contribution in [2.75, 3.05) is 7.11 Å². The molecule has 0 amide bonds. The van der Waals surface area contributed by atoms with E-state index in [1.807, 2.05) is 0 Å². The summed E-state index contributed by atoms with van der Waals surface area (Å²) in [6.45, 7) is 1.73. The van der Waals surface area contributed by atoms with E-state index in [4.69, 9.17) is 4.74 Å². The quantitative estimate of drug-likeness (QED) is 0.892. The third-order valence-corrected chi connectivity index (χ3v) is 4.61. The van der Waals surface area contributed by atoms with Crippen molar-refractivity contribution in [1.82, 2.24) is 0 Å². The number of carboxylic acid groups (broad SMARTS) is 1. The lowest BCUT2D eigenvalue weighted by molar-refractivity contribution is -0.143. The van der Waals surface area contributed by atoms with Crippen LogP contribution in [0.15, 0.2) is 10.5 Å². The Kier molecular flexibility index (Phi) is 3.76. The van der Waals surface area contributed by atoms with Crippen molar-refractivity contribution in [2.45, 2.75) is 38.0 Å². The number of aromatic hydroxyl groups is 1. The zero-order chi connectivity index (χ0) is 14.2. The molecule has 0 unspecified atom stereocenters. The van der Waals surface area contributed by atoms with Gasteiger partial charge in [-0.05, 0) is 41.8 Å². The van der Waals surface area contributed by atoms with Gasteiger partial charge in [-0.25, -0.2) is 0 Å². The molecule has 1 aromatic carbocycles. The number of hydrogen-bond acceptors (Lipinski definition) is 3. The first-order valence-corrected chi connectivity index (χ1v) is 7.03. The lowest BCUT2D eigenvalue weighted by atomic mass is 9.77. The Morgan fingerprint density at radius 3 is 2.47 bits per heavy atom. The van der Waals surface area contributed by atoms with E-state index in [9.17, 15) is 15.0 Å². The summed E-state index contributed by atoms with van der Waals surface area (Å²) >= 11 is 3.38. The van der Waals surface area contributed by atoms with Crippen LogP contribution in [-0.4, -0.2) is 23.3 Å². The summed E-state index contributed by atoms with van der Waals surface area (Å²) in [5.74, 6) is -0.291. The number of phenolic OH excluding ortho intramolecular Hbond substituents is 1. The highest BCUT2D eigenvalue weighted by molar-refractivity contribution is 9.10. The van der Waals surface area contributed by atoms with Gasteiger partial charge in [0.1, 0.15) is 11.5 Å². The minimum atomic E-state index is -0.969. The van der Waals surface area contributed by atoms with E-state index in [2.05, 4.69) is 15.9 Å². The number of halogens is 1. The average Bonchev–Trinajstić information content (AvgIpc) is 2.85. The van der Waals surface area contributed by atoms with E-state index in [0.717, 1.165) is 12.8 Å². The molecule has 0 aliphatic heterocycles. The Bertz CT molecular complexity index is 519. The second kappa shape index (κ2) is 5.04. The highest BCUT2D eigenvalue weighted by Crippen LogP contribution is 2.49.